The zero-order valence-corrected chi connectivity index (χ0v) is 12.5. The van der Waals surface area contributed by atoms with E-state index in [1.54, 1.807) is 0 Å². The van der Waals surface area contributed by atoms with Crippen LogP contribution in [0.15, 0.2) is 18.2 Å². The van der Waals surface area contributed by atoms with Gasteiger partial charge in [-0.3, -0.25) is 0 Å². The molecule has 1 aromatic carbocycles. The summed E-state index contributed by atoms with van der Waals surface area (Å²) in [5.74, 6) is -1.41. The first-order valence-corrected chi connectivity index (χ1v) is 8.01. The summed E-state index contributed by atoms with van der Waals surface area (Å²) in [4.78, 5) is 0. The first kappa shape index (κ1) is 14.8. The highest BCUT2D eigenvalue weighted by atomic mass is 19.1. The number of benzene rings is 1. The molecule has 0 heterocycles. The van der Waals surface area contributed by atoms with Gasteiger partial charge in [0.25, 0.3) is 0 Å². The van der Waals surface area contributed by atoms with Gasteiger partial charge in [0.2, 0.25) is 0 Å². The molecule has 0 radical (unpaired) electrons. The molecule has 0 aliphatic heterocycles. The van der Waals surface area contributed by atoms with Crippen molar-refractivity contribution in [1.29, 1.82) is 0 Å². The van der Waals surface area contributed by atoms with Gasteiger partial charge < -0.3 is 10.1 Å². The summed E-state index contributed by atoms with van der Waals surface area (Å²) in [5, 5.41) is 3.58. The normalized spacial score (nSPS) is 26.8. The third-order valence-corrected chi connectivity index (χ3v) is 5.14. The SMILES string of the molecule is CCCNC1CC(Oc2c(F)cccc2F)C12CCCC2. The maximum Gasteiger partial charge on any atom is 0.191 e. The smallest absolute Gasteiger partial charge is 0.191 e. The second-order valence-corrected chi connectivity index (χ2v) is 6.34. The average molecular weight is 295 g/mol. The summed E-state index contributed by atoms with van der Waals surface area (Å²) in [5.41, 5.74) is 0.0733. The van der Waals surface area contributed by atoms with E-state index < -0.39 is 11.6 Å². The van der Waals surface area contributed by atoms with Crippen molar-refractivity contribution in [2.45, 2.75) is 57.6 Å². The van der Waals surface area contributed by atoms with Crippen LogP contribution in [0.1, 0.15) is 45.4 Å². The Morgan fingerprint density at radius 1 is 1.24 bits per heavy atom. The van der Waals surface area contributed by atoms with Crippen molar-refractivity contribution < 1.29 is 13.5 Å². The second kappa shape index (κ2) is 5.91. The van der Waals surface area contributed by atoms with Crippen LogP contribution in [0.5, 0.6) is 5.75 Å². The molecule has 2 nitrogen and oxygen atoms in total. The van der Waals surface area contributed by atoms with Crippen molar-refractivity contribution in [3.8, 4) is 5.75 Å². The average Bonchev–Trinajstić information content (AvgIpc) is 2.97. The monoisotopic (exact) mass is 295 g/mol. The third kappa shape index (κ3) is 2.54. The zero-order valence-electron chi connectivity index (χ0n) is 12.5. The maximum atomic E-state index is 13.8. The van der Waals surface area contributed by atoms with Gasteiger partial charge in [0, 0.05) is 17.9 Å². The molecule has 2 fully saturated rings. The number of hydrogen-bond donors (Lipinski definition) is 1. The molecule has 2 aliphatic carbocycles. The Balaban J connectivity index is 1.74. The van der Waals surface area contributed by atoms with E-state index in [-0.39, 0.29) is 17.3 Å². The lowest BCUT2D eigenvalue weighted by Crippen LogP contribution is -2.64. The third-order valence-electron chi connectivity index (χ3n) is 5.14. The Morgan fingerprint density at radius 3 is 2.52 bits per heavy atom. The van der Waals surface area contributed by atoms with E-state index in [2.05, 4.69) is 12.2 Å². The van der Waals surface area contributed by atoms with Gasteiger partial charge in [0.05, 0.1) is 0 Å². The molecule has 1 aromatic rings. The lowest BCUT2D eigenvalue weighted by Gasteiger charge is -2.54. The summed E-state index contributed by atoms with van der Waals surface area (Å²) in [7, 11) is 0. The second-order valence-electron chi connectivity index (χ2n) is 6.34. The van der Waals surface area contributed by atoms with E-state index in [9.17, 15) is 8.78 Å². The number of nitrogens with one attached hydrogen (secondary N) is 1. The van der Waals surface area contributed by atoms with Gasteiger partial charge in [-0.05, 0) is 37.9 Å². The van der Waals surface area contributed by atoms with Crippen molar-refractivity contribution in [3.63, 3.8) is 0 Å². The van der Waals surface area contributed by atoms with Gasteiger partial charge in [0.15, 0.2) is 17.4 Å². The molecule has 0 saturated heterocycles. The maximum absolute atomic E-state index is 13.8. The zero-order chi connectivity index (χ0) is 14.9. The molecule has 2 saturated carbocycles. The van der Waals surface area contributed by atoms with Gasteiger partial charge >= 0.3 is 0 Å². The Kier molecular flexibility index (Phi) is 4.16. The molecule has 4 heteroatoms. The first-order chi connectivity index (χ1) is 10.2. The van der Waals surface area contributed by atoms with Crippen LogP contribution in [-0.4, -0.2) is 18.7 Å². The minimum atomic E-state index is -0.604. The molecule has 1 N–H and O–H groups in total. The summed E-state index contributed by atoms with van der Waals surface area (Å²) in [6, 6.07) is 4.31. The standard InChI is InChI=1S/C17H23F2NO/c1-2-10-20-14-11-15(17(14)8-3-4-9-17)21-16-12(18)6-5-7-13(16)19/h5-7,14-15,20H,2-4,8-11H2,1H3. The lowest BCUT2D eigenvalue weighted by molar-refractivity contribution is -0.0789. The van der Waals surface area contributed by atoms with Crippen molar-refractivity contribution in [1.82, 2.24) is 5.32 Å². The van der Waals surface area contributed by atoms with Crippen molar-refractivity contribution in [2.24, 2.45) is 5.41 Å². The van der Waals surface area contributed by atoms with Crippen LogP contribution in [-0.2, 0) is 0 Å². The molecule has 1 spiro atoms. The van der Waals surface area contributed by atoms with Crippen LogP contribution in [0.3, 0.4) is 0 Å². The van der Waals surface area contributed by atoms with E-state index in [4.69, 9.17) is 4.74 Å². The molecule has 0 aromatic heterocycles. The van der Waals surface area contributed by atoms with Crippen molar-refractivity contribution in [3.05, 3.63) is 29.8 Å². The fourth-order valence-corrected chi connectivity index (χ4v) is 3.96. The largest absolute Gasteiger partial charge is 0.484 e. The molecule has 2 unspecified atom stereocenters. The van der Waals surface area contributed by atoms with Crippen LogP contribution < -0.4 is 10.1 Å². The van der Waals surface area contributed by atoms with E-state index in [1.807, 2.05) is 0 Å². The minimum Gasteiger partial charge on any atom is -0.484 e. The number of ether oxygens (including phenoxy) is 1. The lowest BCUT2D eigenvalue weighted by atomic mass is 9.60. The highest BCUT2D eigenvalue weighted by molar-refractivity contribution is 5.27. The topological polar surface area (TPSA) is 21.3 Å². The molecule has 0 bridgehead atoms. The molecule has 2 aliphatic rings. The highest BCUT2D eigenvalue weighted by Gasteiger charge is 2.57. The fraction of sp³-hybridized carbons (Fsp3) is 0.647. The Labute approximate surface area is 124 Å². The van der Waals surface area contributed by atoms with Crippen molar-refractivity contribution >= 4 is 0 Å². The summed E-state index contributed by atoms with van der Waals surface area (Å²) in [6.07, 6.45) is 6.42. The quantitative estimate of drug-likeness (QED) is 0.885. The van der Waals surface area contributed by atoms with E-state index in [0.717, 1.165) is 32.2 Å². The predicted octanol–water partition coefficient (Wildman–Crippen LogP) is 4.04. The molecule has 116 valence electrons. The van der Waals surface area contributed by atoms with Crippen LogP contribution in [0.25, 0.3) is 0 Å². The fourth-order valence-electron chi connectivity index (χ4n) is 3.96. The molecule has 21 heavy (non-hydrogen) atoms. The van der Waals surface area contributed by atoms with Crippen LogP contribution in [0.4, 0.5) is 8.78 Å². The van der Waals surface area contributed by atoms with Gasteiger partial charge in [-0.1, -0.05) is 25.8 Å². The minimum absolute atomic E-state index is 0.0687. The molecule has 0 amide bonds. The van der Waals surface area contributed by atoms with Gasteiger partial charge in [0.1, 0.15) is 6.10 Å². The van der Waals surface area contributed by atoms with Gasteiger partial charge in [-0.25, -0.2) is 8.78 Å². The molecular formula is C17H23F2NO. The first-order valence-electron chi connectivity index (χ1n) is 8.01. The van der Waals surface area contributed by atoms with Gasteiger partial charge in [-0.2, -0.15) is 0 Å². The summed E-state index contributed by atoms with van der Waals surface area (Å²) < 4.78 is 33.3. The molecule has 3 rings (SSSR count). The molecular weight excluding hydrogens is 272 g/mol. The summed E-state index contributed by atoms with van der Waals surface area (Å²) in [6.45, 7) is 3.14. The Hall–Kier alpha value is -1.16. The van der Waals surface area contributed by atoms with E-state index in [1.165, 1.54) is 31.0 Å². The predicted molar refractivity (Wildman–Crippen MR) is 78.4 cm³/mol. The highest BCUT2D eigenvalue weighted by Crippen LogP contribution is 2.54. The van der Waals surface area contributed by atoms with Crippen molar-refractivity contribution in [2.75, 3.05) is 6.54 Å². The number of para-hydroxylation sites is 1. The van der Waals surface area contributed by atoms with E-state index in [0.29, 0.717) is 6.04 Å². The Morgan fingerprint density at radius 2 is 1.90 bits per heavy atom. The molecule has 2 atom stereocenters. The number of rotatable bonds is 5. The number of halogens is 2. The van der Waals surface area contributed by atoms with Crippen LogP contribution in [0, 0.1) is 17.0 Å². The summed E-state index contributed by atoms with van der Waals surface area (Å²) >= 11 is 0. The van der Waals surface area contributed by atoms with E-state index >= 15 is 0 Å². The van der Waals surface area contributed by atoms with Crippen LogP contribution in [0.2, 0.25) is 0 Å². The van der Waals surface area contributed by atoms with Gasteiger partial charge in [-0.15, -0.1) is 0 Å². The number of hydrogen-bond acceptors (Lipinski definition) is 2. The van der Waals surface area contributed by atoms with Crippen LogP contribution >= 0.6 is 0 Å². The Bertz CT molecular complexity index is 479.